The summed E-state index contributed by atoms with van der Waals surface area (Å²) in [5.74, 6) is -1.44. The van der Waals surface area contributed by atoms with Crippen LogP contribution in [0.2, 0.25) is 0 Å². The summed E-state index contributed by atoms with van der Waals surface area (Å²) >= 11 is 6.24. The zero-order chi connectivity index (χ0) is 24.4. The molecule has 34 heavy (non-hydrogen) atoms. The maximum atomic E-state index is 13.0. The number of rotatable bonds is 6. The van der Waals surface area contributed by atoms with Gasteiger partial charge >= 0.3 is 0 Å². The lowest BCUT2D eigenvalue weighted by atomic mass is 10.1. The van der Waals surface area contributed by atoms with Crippen LogP contribution in [0, 0.1) is 13.8 Å². The van der Waals surface area contributed by atoms with Crippen LogP contribution in [0.5, 0.6) is 0 Å². The van der Waals surface area contributed by atoms with Gasteiger partial charge in [-0.1, -0.05) is 42.8 Å². The van der Waals surface area contributed by atoms with Gasteiger partial charge in [0.15, 0.2) is 0 Å². The van der Waals surface area contributed by atoms with Crippen molar-refractivity contribution in [2.24, 2.45) is 0 Å². The molecule has 0 radical (unpaired) electrons. The molecule has 0 unspecified atom stereocenters. The van der Waals surface area contributed by atoms with E-state index in [-0.39, 0.29) is 16.6 Å². The first kappa shape index (κ1) is 23.3. The average Bonchev–Trinajstić information content (AvgIpc) is 3.04. The minimum Gasteiger partial charge on any atom is -0.350 e. The Hall–Kier alpha value is -3.90. The molecular formula is C27H24ClN3O3. The van der Waals surface area contributed by atoms with E-state index in [0.29, 0.717) is 22.6 Å². The highest BCUT2D eigenvalue weighted by molar-refractivity contribution is 6.53. The molecule has 1 aliphatic rings. The molecule has 0 aliphatic carbocycles. The largest absolute Gasteiger partial charge is 0.350 e. The molecule has 2 N–H and O–H groups in total. The van der Waals surface area contributed by atoms with Gasteiger partial charge in [0.05, 0.1) is 5.69 Å². The zero-order valence-corrected chi connectivity index (χ0v) is 19.9. The Labute approximate surface area is 203 Å². The van der Waals surface area contributed by atoms with E-state index in [0.717, 1.165) is 28.0 Å². The number of benzene rings is 3. The molecular weight excluding hydrogens is 450 g/mol. The molecule has 0 saturated heterocycles. The third-order valence-corrected chi connectivity index (χ3v) is 6.14. The number of anilines is 3. The molecule has 0 bridgehead atoms. The fraction of sp³-hybridized carbons (Fsp3) is 0.148. The van der Waals surface area contributed by atoms with Crippen molar-refractivity contribution in [3.8, 4) is 0 Å². The lowest BCUT2D eigenvalue weighted by Gasteiger charge is -2.15. The smallest absolute Gasteiger partial charge is 0.283 e. The number of carbonyl (C=O) groups is 3. The van der Waals surface area contributed by atoms with E-state index >= 15 is 0 Å². The first-order chi connectivity index (χ1) is 16.3. The first-order valence-electron chi connectivity index (χ1n) is 10.9. The highest BCUT2D eigenvalue weighted by Crippen LogP contribution is 2.30. The van der Waals surface area contributed by atoms with E-state index in [1.807, 2.05) is 51.1 Å². The summed E-state index contributed by atoms with van der Waals surface area (Å²) < 4.78 is 0. The monoisotopic (exact) mass is 473 g/mol. The topological polar surface area (TPSA) is 78.5 Å². The van der Waals surface area contributed by atoms with Crippen molar-refractivity contribution in [2.75, 3.05) is 15.5 Å². The zero-order valence-electron chi connectivity index (χ0n) is 19.1. The van der Waals surface area contributed by atoms with Gasteiger partial charge in [-0.05, 0) is 79.4 Å². The molecule has 0 fully saturated rings. The number of aryl methyl sites for hydroxylation is 3. The molecule has 0 aromatic heterocycles. The van der Waals surface area contributed by atoms with Gasteiger partial charge in [0, 0.05) is 16.9 Å². The second kappa shape index (κ2) is 9.53. The number of imide groups is 1. The van der Waals surface area contributed by atoms with Crippen molar-refractivity contribution in [1.82, 2.24) is 0 Å². The van der Waals surface area contributed by atoms with Crippen molar-refractivity contribution in [2.45, 2.75) is 27.2 Å². The third-order valence-electron chi connectivity index (χ3n) is 5.79. The van der Waals surface area contributed by atoms with Crippen LogP contribution in [-0.4, -0.2) is 17.7 Å². The minimum atomic E-state index is -0.595. The van der Waals surface area contributed by atoms with Gasteiger partial charge in [0.2, 0.25) is 0 Å². The molecule has 1 aliphatic heterocycles. The third kappa shape index (κ3) is 4.58. The second-order valence-electron chi connectivity index (χ2n) is 8.11. The molecule has 0 saturated carbocycles. The number of carbonyl (C=O) groups excluding carboxylic acids is 3. The Morgan fingerprint density at radius 3 is 2.29 bits per heavy atom. The first-order valence-corrected chi connectivity index (χ1v) is 11.3. The van der Waals surface area contributed by atoms with Crippen LogP contribution in [0.4, 0.5) is 17.1 Å². The maximum Gasteiger partial charge on any atom is 0.283 e. The maximum absolute atomic E-state index is 13.0. The Morgan fingerprint density at radius 1 is 0.882 bits per heavy atom. The van der Waals surface area contributed by atoms with Gasteiger partial charge < -0.3 is 10.6 Å². The summed E-state index contributed by atoms with van der Waals surface area (Å²) in [6.45, 7) is 6.01. The van der Waals surface area contributed by atoms with Crippen molar-refractivity contribution in [3.05, 3.63) is 99.7 Å². The summed E-state index contributed by atoms with van der Waals surface area (Å²) in [7, 11) is 0. The van der Waals surface area contributed by atoms with Crippen LogP contribution in [0.15, 0.2) is 77.5 Å². The molecule has 6 nitrogen and oxygen atoms in total. The number of nitrogens with zero attached hydrogens (tertiary/aromatic N) is 1. The minimum absolute atomic E-state index is 0.0297. The van der Waals surface area contributed by atoms with Gasteiger partial charge in [-0.3, -0.25) is 14.4 Å². The number of nitrogens with one attached hydrogen (secondary N) is 2. The van der Waals surface area contributed by atoms with E-state index in [4.69, 9.17) is 11.6 Å². The summed E-state index contributed by atoms with van der Waals surface area (Å²) in [6, 6.07) is 19.5. The predicted octanol–water partition coefficient (Wildman–Crippen LogP) is 5.55. The van der Waals surface area contributed by atoms with Crippen LogP contribution in [-0.2, 0) is 16.0 Å². The molecule has 4 rings (SSSR count). The van der Waals surface area contributed by atoms with Crippen molar-refractivity contribution in [3.63, 3.8) is 0 Å². The molecule has 3 amide bonds. The Balaban J connectivity index is 1.52. The van der Waals surface area contributed by atoms with E-state index in [1.54, 1.807) is 36.4 Å². The molecule has 0 atom stereocenters. The molecule has 0 spiro atoms. The highest BCUT2D eigenvalue weighted by atomic mass is 35.5. The van der Waals surface area contributed by atoms with Crippen molar-refractivity contribution >= 4 is 46.4 Å². The second-order valence-corrected chi connectivity index (χ2v) is 8.49. The lowest BCUT2D eigenvalue weighted by molar-refractivity contribution is -0.120. The van der Waals surface area contributed by atoms with Crippen LogP contribution >= 0.6 is 11.6 Å². The van der Waals surface area contributed by atoms with Gasteiger partial charge in [0.25, 0.3) is 17.7 Å². The fourth-order valence-electron chi connectivity index (χ4n) is 3.63. The van der Waals surface area contributed by atoms with E-state index in [2.05, 4.69) is 10.6 Å². The number of halogens is 1. The van der Waals surface area contributed by atoms with Crippen LogP contribution in [0.3, 0.4) is 0 Å². The fourth-order valence-corrected chi connectivity index (χ4v) is 3.84. The highest BCUT2D eigenvalue weighted by Gasteiger charge is 2.39. The van der Waals surface area contributed by atoms with Gasteiger partial charge in [0.1, 0.15) is 10.7 Å². The van der Waals surface area contributed by atoms with E-state index in [1.165, 1.54) is 0 Å². The summed E-state index contributed by atoms with van der Waals surface area (Å²) in [5, 5.41) is 5.60. The quantitative estimate of drug-likeness (QED) is 0.460. The molecule has 1 heterocycles. The predicted molar refractivity (Wildman–Crippen MR) is 135 cm³/mol. The van der Waals surface area contributed by atoms with Crippen LogP contribution in [0.1, 0.15) is 34.0 Å². The molecule has 7 heteroatoms. The molecule has 172 valence electrons. The Bertz CT molecular complexity index is 1330. The molecule has 3 aromatic rings. The standard InChI is InChI=1S/C27H24ClN3O3/c1-4-18-9-12-22(13-10-18)31-26(33)23(28)24(27(31)34)29-20-7-5-6-19(15-20)25(32)30-21-11-8-16(2)17(3)14-21/h5-15,29H,4H2,1-3H3,(H,30,32). The van der Waals surface area contributed by atoms with Gasteiger partial charge in [-0.25, -0.2) is 4.90 Å². The van der Waals surface area contributed by atoms with Crippen LogP contribution < -0.4 is 15.5 Å². The summed E-state index contributed by atoms with van der Waals surface area (Å²) in [6.07, 6.45) is 0.849. The van der Waals surface area contributed by atoms with Gasteiger partial charge in [-0.2, -0.15) is 0 Å². The SMILES string of the molecule is CCc1ccc(N2C(=O)C(Cl)=C(Nc3cccc(C(=O)Nc4ccc(C)c(C)c4)c3)C2=O)cc1. The number of hydrogen-bond acceptors (Lipinski definition) is 4. The Morgan fingerprint density at radius 2 is 1.62 bits per heavy atom. The summed E-state index contributed by atoms with van der Waals surface area (Å²) in [4.78, 5) is 39.5. The summed E-state index contributed by atoms with van der Waals surface area (Å²) in [5.41, 5.74) is 5.28. The number of amides is 3. The van der Waals surface area contributed by atoms with Crippen molar-refractivity contribution < 1.29 is 14.4 Å². The lowest BCUT2D eigenvalue weighted by Crippen LogP contribution is -2.32. The van der Waals surface area contributed by atoms with E-state index in [9.17, 15) is 14.4 Å². The van der Waals surface area contributed by atoms with E-state index < -0.39 is 11.8 Å². The normalized spacial score (nSPS) is 13.5. The number of hydrogen-bond donors (Lipinski definition) is 2. The van der Waals surface area contributed by atoms with Gasteiger partial charge in [-0.15, -0.1) is 0 Å². The Kier molecular flexibility index (Phi) is 6.52. The van der Waals surface area contributed by atoms with Crippen molar-refractivity contribution in [1.29, 1.82) is 0 Å². The average molecular weight is 474 g/mol. The molecule has 3 aromatic carbocycles. The van der Waals surface area contributed by atoms with Crippen LogP contribution in [0.25, 0.3) is 0 Å².